The van der Waals surface area contributed by atoms with Crippen LogP contribution in [-0.2, 0) is 0 Å². The third kappa shape index (κ3) is 2.63. The summed E-state index contributed by atoms with van der Waals surface area (Å²) in [6, 6.07) is 0. The van der Waals surface area contributed by atoms with Crippen molar-refractivity contribution in [2.24, 2.45) is 5.92 Å². The number of nitrogens with one attached hydrogen (secondary N) is 1. The van der Waals surface area contributed by atoms with Crippen LogP contribution in [-0.4, -0.2) is 23.6 Å². The van der Waals surface area contributed by atoms with Gasteiger partial charge in [0.25, 0.3) is 0 Å². The van der Waals surface area contributed by atoms with Gasteiger partial charge in [-0.1, -0.05) is 12.8 Å². The van der Waals surface area contributed by atoms with Gasteiger partial charge in [0.05, 0.1) is 0 Å². The Hall–Kier alpha value is 0.310. The van der Waals surface area contributed by atoms with Crippen LogP contribution in [0.2, 0.25) is 0 Å². The van der Waals surface area contributed by atoms with E-state index in [1.165, 1.54) is 50.2 Å². The molecule has 0 amide bonds. The predicted molar refractivity (Wildman–Crippen MR) is 60.3 cm³/mol. The summed E-state index contributed by atoms with van der Waals surface area (Å²) in [4.78, 5) is 0. The summed E-state index contributed by atoms with van der Waals surface area (Å²) in [5, 5.41) is 3.79. The van der Waals surface area contributed by atoms with Crippen LogP contribution in [0.25, 0.3) is 0 Å². The average Bonchev–Trinajstić information content (AvgIpc) is 2.72. The molecule has 0 aromatic rings. The Morgan fingerprint density at radius 1 is 1.38 bits per heavy atom. The molecule has 1 heterocycles. The number of thioether (sulfide) groups is 1. The lowest BCUT2D eigenvalue weighted by Crippen LogP contribution is -2.42. The van der Waals surface area contributed by atoms with Gasteiger partial charge in [-0.05, 0) is 50.2 Å². The van der Waals surface area contributed by atoms with Crippen molar-refractivity contribution in [3.63, 3.8) is 0 Å². The van der Waals surface area contributed by atoms with Crippen molar-refractivity contribution in [1.29, 1.82) is 0 Å². The monoisotopic (exact) mass is 199 g/mol. The zero-order valence-corrected chi connectivity index (χ0v) is 9.46. The first-order chi connectivity index (χ1) is 6.29. The van der Waals surface area contributed by atoms with Crippen LogP contribution in [0.4, 0.5) is 0 Å². The second-order valence-corrected chi connectivity index (χ2v) is 6.03. The third-order valence-corrected chi connectivity index (χ3v) is 4.78. The van der Waals surface area contributed by atoms with E-state index in [9.17, 15) is 0 Å². The molecule has 2 fully saturated rings. The molecule has 1 N–H and O–H groups in total. The largest absolute Gasteiger partial charge is 0.311 e. The van der Waals surface area contributed by atoms with E-state index >= 15 is 0 Å². The minimum atomic E-state index is 0.493. The highest BCUT2D eigenvalue weighted by Crippen LogP contribution is 2.30. The fraction of sp³-hybridized carbons (Fsp3) is 1.00. The molecule has 2 heteroatoms. The third-order valence-electron chi connectivity index (χ3n) is 3.55. The molecule has 76 valence electrons. The molecule has 1 aliphatic heterocycles. The molecule has 1 saturated carbocycles. The molecule has 13 heavy (non-hydrogen) atoms. The summed E-state index contributed by atoms with van der Waals surface area (Å²) < 4.78 is 0. The second kappa shape index (κ2) is 4.22. The van der Waals surface area contributed by atoms with Crippen LogP contribution >= 0.6 is 11.8 Å². The van der Waals surface area contributed by atoms with Crippen LogP contribution in [0, 0.1) is 5.92 Å². The summed E-state index contributed by atoms with van der Waals surface area (Å²) in [7, 11) is 0. The molecule has 1 saturated heterocycles. The molecule has 1 nitrogen and oxygen atoms in total. The average molecular weight is 199 g/mol. The van der Waals surface area contributed by atoms with E-state index in [0.29, 0.717) is 5.54 Å². The van der Waals surface area contributed by atoms with Gasteiger partial charge in [-0.2, -0.15) is 11.8 Å². The lowest BCUT2D eigenvalue weighted by Gasteiger charge is -2.27. The first-order valence-corrected chi connectivity index (χ1v) is 6.77. The molecule has 2 rings (SSSR count). The zero-order chi connectivity index (χ0) is 9.15. The fourth-order valence-corrected chi connectivity index (χ4v) is 3.75. The predicted octanol–water partition coefficient (Wildman–Crippen LogP) is 2.66. The maximum absolute atomic E-state index is 3.79. The second-order valence-electron chi connectivity index (χ2n) is 4.88. The standard InChI is InChI=1S/C11H21NS/c1-11(5-2-3-6-11)12-8-10-4-7-13-9-10/h10,12H,2-9H2,1H3. The lowest BCUT2D eigenvalue weighted by molar-refractivity contribution is 0.338. The minimum absolute atomic E-state index is 0.493. The molecule has 0 aromatic heterocycles. The van der Waals surface area contributed by atoms with Crippen molar-refractivity contribution < 1.29 is 0 Å². The summed E-state index contributed by atoms with van der Waals surface area (Å²) in [6.07, 6.45) is 7.10. The highest BCUT2D eigenvalue weighted by molar-refractivity contribution is 7.99. The summed E-state index contributed by atoms with van der Waals surface area (Å²) in [5.74, 6) is 3.74. The summed E-state index contributed by atoms with van der Waals surface area (Å²) in [6.45, 7) is 3.67. The van der Waals surface area contributed by atoms with E-state index in [1.807, 2.05) is 0 Å². The molecular formula is C11H21NS. The van der Waals surface area contributed by atoms with E-state index in [-0.39, 0.29) is 0 Å². The topological polar surface area (TPSA) is 12.0 Å². The van der Waals surface area contributed by atoms with Crippen molar-refractivity contribution in [3.8, 4) is 0 Å². The van der Waals surface area contributed by atoms with Crippen molar-refractivity contribution in [2.75, 3.05) is 18.1 Å². The Bertz CT molecular complexity index is 157. The van der Waals surface area contributed by atoms with Gasteiger partial charge >= 0.3 is 0 Å². The van der Waals surface area contributed by atoms with Crippen LogP contribution in [0.5, 0.6) is 0 Å². The van der Waals surface area contributed by atoms with Gasteiger partial charge < -0.3 is 5.32 Å². The van der Waals surface area contributed by atoms with E-state index in [2.05, 4.69) is 24.0 Å². The maximum atomic E-state index is 3.79. The van der Waals surface area contributed by atoms with Crippen LogP contribution in [0.15, 0.2) is 0 Å². The Morgan fingerprint density at radius 2 is 2.15 bits per heavy atom. The van der Waals surface area contributed by atoms with Crippen molar-refractivity contribution in [2.45, 2.75) is 44.6 Å². The quantitative estimate of drug-likeness (QED) is 0.750. The Morgan fingerprint density at radius 3 is 2.77 bits per heavy atom. The van der Waals surface area contributed by atoms with Crippen molar-refractivity contribution in [3.05, 3.63) is 0 Å². The van der Waals surface area contributed by atoms with Crippen LogP contribution in [0.1, 0.15) is 39.0 Å². The van der Waals surface area contributed by atoms with Gasteiger partial charge in [0.15, 0.2) is 0 Å². The van der Waals surface area contributed by atoms with Crippen molar-refractivity contribution >= 4 is 11.8 Å². The first kappa shape index (κ1) is 9.85. The minimum Gasteiger partial charge on any atom is -0.311 e. The number of rotatable bonds is 3. The van der Waals surface area contributed by atoms with Gasteiger partial charge in [-0.25, -0.2) is 0 Å². The fourth-order valence-electron chi connectivity index (χ4n) is 2.47. The first-order valence-electron chi connectivity index (χ1n) is 5.61. The molecule has 1 unspecified atom stereocenters. The van der Waals surface area contributed by atoms with E-state index < -0.39 is 0 Å². The smallest absolute Gasteiger partial charge is 0.0153 e. The van der Waals surface area contributed by atoms with E-state index in [1.54, 1.807) is 0 Å². The Kier molecular flexibility index (Phi) is 3.20. The van der Waals surface area contributed by atoms with E-state index in [4.69, 9.17) is 0 Å². The molecule has 1 aliphatic carbocycles. The van der Waals surface area contributed by atoms with Crippen LogP contribution < -0.4 is 5.32 Å². The van der Waals surface area contributed by atoms with Gasteiger partial charge in [0.1, 0.15) is 0 Å². The molecule has 0 aromatic carbocycles. The highest BCUT2D eigenvalue weighted by atomic mass is 32.2. The van der Waals surface area contributed by atoms with Gasteiger partial charge in [-0.3, -0.25) is 0 Å². The van der Waals surface area contributed by atoms with Crippen molar-refractivity contribution in [1.82, 2.24) is 5.32 Å². The number of hydrogen-bond donors (Lipinski definition) is 1. The Labute approximate surface area is 86.0 Å². The van der Waals surface area contributed by atoms with Gasteiger partial charge in [0.2, 0.25) is 0 Å². The summed E-state index contributed by atoms with van der Waals surface area (Å²) in [5.41, 5.74) is 0.493. The highest BCUT2D eigenvalue weighted by Gasteiger charge is 2.29. The molecule has 2 aliphatic rings. The molecule has 1 atom stereocenters. The van der Waals surface area contributed by atoms with Gasteiger partial charge in [-0.15, -0.1) is 0 Å². The lowest BCUT2D eigenvalue weighted by atomic mass is 9.99. The SMILES string of the molecule is CC1(NCC2CCSC2)CCCC1. The molecule has 0 bridgehead atoms. The summed E-state index contributed by atoms with van der Waals surface area (Å²) >= 11 is 2.12. The maximum Gasteiger partial charge on any atom is 0.0153 e. The van der Waals surface area contributed by atoms with Gasteiger partial charge in [0, 0.05) is 5.54 Å². The van der Waals surface area contributed by atoms with Crippen LogP contribution in [0.3, 0.4) is 0 Å². The molecule has 0 radical (unpaired) electrons. The zero-order valence-electron chi connectivity index (χ0n) is 8.64. The van der Waals surface area contributed by atoms with E-state index in [0.717, 1.165) is 5.92 Å². The Balaban J connectivity index is 1.71. The molecular weight excluding hydrogens is 178 g/mol. The number of hydrogen-bond acceptors (Lipinski definition) is 2. The normalized spacial score (nSPS) is 32.5. The molecule has 0 spiro atoms.